The zero-order valence-corrected chi connectivity index (χ0v) is 26.8. The van der Waals surface area contributed by atoms with Crippen molar-refractivity contribution < 1.29 is 58.9 Å². The molecule has 1 radical (unpaired) electrons. The largest absolute Gasteiger partial charge is 4.00 e. The van der Waals surface area contributed by atoms with Crippen LogP contribution in [0.5, 0.6) is 0 Å². The first-order valence-corrected chi connectivity index (χ1v) is 13.3. The summed E-state index contributed by atoms with van der Waals surface area (Å²) >= 11 is 0. The second-order valence-electron chi connectivity index (χ2n) is 9.95. The predicted molar refractivity (Wildman–Crippen MR) is 142 cm³/mol. The van der Waals surface area contributed by atoms with Crippen LogP contribution >= 0.6 is 0 Å². The fourth-order valence-corrected chi connectivity index (χ4v) is 7.41. The van der Waals surface area contributed by atoms with Gasteiger partial charge in [-0.15, -0.1) is 16.7 Å². The summed E-state index contributed by atoms with van der Waals surface area (Å²) in [5.74, 6) is 0. The van der Waals surface area contributed by atoms with Gasteiger partial charge < -0.3 is 37.2 Å². The van der Waals surface area contributed by atoms with Crippen LogP contribution in [0.15, 0.2) is 84.9 Å². The molecule has 0 unspecified atom stereocenters. The molecule has 4 rings (SSSR count). The van der Waals surface area contributed by atoms with Gasteiger partial charge in [-0.05, 0) is 5.41 Å². The van der Waals surface area contributed by atoms with E-state index in [1.54, 1.807) is 0 Å². The molecule has 0 bridgehead atoms. The Morgan fingerprint density at radius 1 is 0.667 bits per heavy atom. The predicted octanol–water partition coefficient (Wildman–Crippen LogP) is -2.30. The molecule has 0 heterocycles. The van der Waals surface area contributed by atoms with E-state index in [1.165, 1.54) is 49.3 Å². The fraction of sp³-hybridized carbons (Fsp3) is 0.258. The summed E-state index contributed by atoms with van der Waals surface area (Å²) in [5.41, 5.74) is 10.2. The summed E-state index contributed by atoms with van der Waals surface area (Å²) < 4.78 is 0. The Morgan fingerprint density at radius 2 is 1.17 bits per heavy atom. The minimum Gasteiger partial charge on any atom is -1.00 e. The molecule has 0 N–H and O–H groups in total. The van der Waals surface area contributed by atoms with Crippen molar-refractivity contribution in [1.29, 1.82) is 0 Å². The van der Waals surface area contributed by atoms with Gasteiger partial charge in [-0.2, -0.15) is 11.1 Å². The molecule has 4 aromatic carbocycles. The average molecular weight is 589 g/mol. The SMILES string of the molecule is Cc1c(C)c(-c2cccc(C(C)(C)C)c2)[c-](C[Si](c2ccccc2)c2ccccc2)c1C.[Cl-].[Cl-].[Cl-].[Ti+4]. The van der Waals surface area contributed by atoms with Crippen LogP contribution in [-0.4, -0.2) is 8.80 Å². The number of benzene rings is 3. The normalized spacial score (nSPS) is 10.5. The molecule has 0 aliphatic heterocycles. The third kappa shape index (κ3) is 7.44. The second kappa shape index (κ2) is 14.7. The molecular formula is C31H34Cl3SiTi. The van der Waals surface area contributed by atoms with E-state index in [2.05, 4.69) is 126 Å². The Kier molecular flexibility index (Phi) is 14.2. The Hall–Kier alpha value is -1.19. The van der Waals surface area contributed by atoms with Gasteiger partial charge >= 0.3 is 21.7 Å². The fourth-order valence-electron chi connectivity index (χ4n) is 4.69. The molecule has 0 saturated carbocycles. The maximum atomic E-state index is 2.42. The zero-order chi connectivity index (χ0) is 22.9. The maximum absolute atomic E-state index is 2.42. The topological polar surface area (TPSA) is 0 Å². The van der Waals surface area contributed by atoms with Crippen LogP contribution in [0, 0.1) is 20.8 Å². The molecule has 0 fully saturated rings. The molecule has 0 aliphatic carbocycles. The molecule has 0 saturated heterocycles. The standard InChI is InChI=1S/C31H34Si.3ClH.Ti/c1-22-23(2)29(30(24(22)3)25-14-13-15-26(20-25)31(4,5)6)21-32(27-16-9-7-10-17-27)28-18-11-8-12-19-28;;;;/h7-20H,21H2,1-6H3;3*1H;/q-1;;;;+4/p-3. The molecule has 5 heteroatoms. The molecule has 0 aromatic heterocycles. The van der Waals surface area contributed by atoms with Gasteiger partial charge in [0.25, 0.3) is 0 Å². The quantitative estimate of drug-likeness (QED) is 0.182. The third-order valence-electron chi connectivity index (χ3n) is 6.87. The van der Waals surface area contributed by atoms with Crippen molar-refractivity contribution in [3.63, 3.8) is 0 Å². The van der Waals surface area contributed by atoms with E-state index in [0.717, 1.165) is 6.04 Å². The van der Waals surface area contributed by atoms with E-state index in [9.17, 15) is 0 Å². The molecule has 0 aliphatic rings. The van der Waals surface area contributed by atoms with Crippen LogP contribution in [0.2, 0.25) is 0 Å². The van der Waals surface area contributed by atoms with Crippen LogP contribution in [0.4, 0.5) is 0 Å². The van der Waals surface area contributed by atoms with Gasteiger partial charge in [-0.3, -0.25) is 0 Å². The van der Waals surface area contributed by atoms with Crippen LogP contribution in [0.3, 0.4) is 0 Å². The Balaban J connectivity index is 0.00000306. The smallest absolute Gasteiger partial charge is 1.00 e. The van der Waals surface area contributed by atoms with Crippen molar-refractivity contribution in [3.05, 3.63) is 113 Å². The molecule has 4 aromatic rings. The van der Waals surface area contributed by atoms with Crippen molar-refractivity contribution >= 4 is 19.2 Å². The van der Waals surface area contributed by atoms with E-state index < -0.39 is 8.80 Å². The molecule has 0 amide bonds. The summed E-state index contributed by atoms with van der Waals surface area (Å²) in [5, 5.41) is 2.96. The molecule has 36 heavy (non-hydrogen) atoms. The van der Waals surface area contributed by atoms with Gasteiger partial charge in [0.2, 0.25) is 0 Å². The van der Waals surface area contributed by atoms with Crippen LogP contribution < -0.4 is 47.6 Å². The van der Waals surface area contributed by atoms with Crippen LogP contribution in [0.25, 0.3) is 11.1 Å². The van der Waals surface area contributed by atoms with Gasteiger partial charge in [0.1, 0.15) is 8.80 Å². The van der Waals surface area contributed by atoms with Gasteiger partial charge in [-0.25, -0.2) is 0 Å². The third-order valence-corrected chi connectivity index (χ3v) is 9.64. The van der Waals surface area contributed by atoms with Crippen molar-refractivity contribution in [1.82, 2.24) is 0 Å². The van der Waals surface area contributed by atoms with Crippen molar-refractivity contribution in [2.24, 2.45) is 0 Å². The van der Waals surface area contributed by atoms with E-state index in [1.807, 2.05) is 0 Å². The summed E-state index contributed by atoms with van der Waals surface area (Å²) in [6.07, 6.45) is 0. The van der Waals surface area contributed by atoms with Gasteiger partial charge in [0, 0.05) is 0 Å². The van der Waals surface area contributed by atoms with Gasteiger partial charge in [0.15, 0.2) is 0 Å². The molecular weight excluding hydrogens is 555 g/mol. The Morgan fingerprint density at radius 3 is 1.64 bits per heavy atom. The summed E-state index contributed by atoms with van der Waals surface area (Å²) in [6.45, 7) is 13.8. The monoisotopic (exact) mass is 587 g/mol. The number of rotatable bonds is 5. The maximum Gasteiger partial charge on any atom is 4.00 e. The number of hydrogen-bond donors (Lipinski definition) is 0. The molecule has 0 spiro atoms. The summed E-state index contributed by atoms with van der Waals surface area (Å²) in [7, 11) is -0.945. The van der Waals surface area contributed by atoms with E-state index in [-0.39, 0.29) is 64.4 Å². The van der Waals surface area contributed by atoms with Crippen molar-refractivity contribution in [2.45, 2.75) is 53.0 Å². The van der Waals surface area contributed by atoms with Crippen LogP contribution in [0.1, 0.15) is 48.6 Å². The van der Waals surface area contributed by atoms with E-state index >= 15 is 0 Å². The minimum absolute atomic E-state index is 0. The van der Waals surface area contributed by atoms with E-state index in [0.29, 0.717) is 0 Å². The molecule has 187 valence electrons. The molecule has 0 nitrogen and oxygen atoms in total. The molecule has 0 atom stereocenters. The average Bonchev–Trinajstić information content (AvgIpc) is 3.01. The van der Waals surface area contributed by atoms with E-state index in [4.69, 9.17) is 0 Å². The number of hydrogen-bond acceptors (Lipinski definition) is 0. The minimum atomic E-state index is -0.945. The van der Waals surface area contributed by atoms with Crippen molar-refractivity contribution in [2.75, 3.05) is 0 Å². The Bertz CT molecular complexity index is 1170. The van der Waals surface area contributed by atoms with Gasteiger partial charge in [-0.1, -0.05) is 154 Å². The van der Waals surface area contributed by atoms with Gasteiger partial charge in [0.05, 0.1) is 0 Å². The first-order valence-electron chi connectivity index (χ1n) is 11.6. The van der Waals surface area contributed by atoms with Crippen molar-refractivity contribution in [3.8, 4) is 11.1 Å². The summed E-state index contributed by atoms with van der Waals surface area (Å²) in [6, 6.07) is 32.6. The number of halogens is 3. The zero-order valence-electron chi connectivity index (χ0n) is 21.9. The summed E-state index contributed by atoms with van der Waals surface area (Å²) in [4.78, 5) is 0. The first kappa shape index (κ1) is 34.8. The first-order chi connectivity index (χ1) is 15.3. The van der Waals surface area contributed by atoms with Crippen LogP contribution in [-0.2, 0) is 33.2 Å². The second-order valence-corrected chi connectivity index (χ2v) is 12.4. The Labute approximate surface area is 253 Å².